The van der Waals surface area contributed by atoms with Crippen molar-refractivity contribution in [2.75, 3.05) is 0 Å². The van der Waals surface area contributed by atoms with E-state index in [9.17, 15) is 0 Å². The zero-order valence-electron chi connectivity index (χ0n) is 5.82. The normalized spacial score (nSPS) is 12.6. The maximum Gasteiger partial charge on any atom is 0.0132 e. The van der Waals surface area contributed by atoms with E-state index >= 15 is 0 Å². The van der Waals surface area contributed by atoms with E-state index in [-0.39, 0.29) is 0 Å². The minimum Gasteiger partial charge on any atom is -0.0961 e. The quantitative estimate of drug-likeness (QED) is 0.581. The van der Waals surface area contributed by atoms with E-state index in [1.54, 1.807) is 0 Å². The Hall–Kier alpha value is -0.300. The van der Waals surface area contributed by atoms with Crippen LogP contribution < -0.4 is 0 Å². The van der Waals surface area contributed by atoms with Crippen molar-refractivity contribution in [3.05, 3.63) is 34.9 Å². The monoisotopic (exact) mass is 186 g/mol. The standard InChI is InChI=1S/C8H11Br/c1-4-8(9)6-5-7(2)3/h4-6H,2H2,1,3H3/b6-5-,8-4+. The topological polar surface area (TPSA) is 0 Å². The van der Waals surface area contributed by atoms with E-state index in [1.165, 1.54) is 0 Å². The Balaban J connectivity index is 3.86. The molecular weight excluding hydrogens is 176 g/mol. The molecular formula is C8H11Br. The van der Waals surface area contributed by atoms with Gasteiger partial charge in [0.25, 0.3) is 0 Å². The summed E-state index contributed by atoms with van der Waals surface area (Å²) in [6.45, 7) is 7.67. The van der Waals surface area contributed by atoms with Gasteiger partial charge in [-0.05, 0) is 19.9 Å². The van der Waals surface area contributed by atoms with Gasteiger partial charge in [0.1, 0.15) is 0 Å². The smallest absolute Gasteiger partial charge is 0.0132 e. The Morgan fingerprint density at radius 2 is 2.00 bits per heavy atom. The van der Waals surface area contributed by atoms with E-state index in [2.05, 4.69) is 22.5 Å². The molecule has 0 aromatic rings. The third kappa shape index (κ3) is 5.57. The minimum absolute atomic E-state index is 1.06. The van der Waals surface area contributed by atoms with Gasteiger partial charge in [0, 0.05) is 4.48 Å². The van der Waals surface area contributed by atoms with Crippen LogP contribution in [-0.4, -0.2) is 0 Å². The lowest BCUT2D eigenvalue weighted by Gasteiger charge is -1.85. The van der Waals surface area contributed by atoms with Gasteiger partial charge in [-0.15, -0.1) is 0 Å². The Bertz CT molecular complexity index is 152. The van der Waals surface area contributed by atoms with Crippen molar-refractivity contribution in [1.29, 1.82) is 0 Å². The van der Waals surface area contributed by atoms with Gasteiger partial charge in [-0.2, -0.15) is 0 Å². The summed E-state index contributed by atoms with van der Waals surface area (Å²) in [4.78, 5) is 0. The summed E-state index contributed by atoms with van der Waals surface area (Å²) < 4.78 is 1.09. The van der Waals surface area contributed by atoms with Crippen molar-refractivity contribution < 1.29 is 0 Å². The molecule has 0 heterocycles. The number of hydrogen-bond acceptors (Lipinski definition) is 0. The van der Waals surface area contributed by atoms with E-state index in [0.29, 0.717) is 0 Å². The van der Waals surface area contributed by atoms with Gasteiger partial charge in [0.2, 0.25) is 0 Å². The first-order valence-corrected chi connectivity index (χ1v) is 3.61. The van der Waals surface area contributed by atoms with Crippen LogP contribution >= 0.6 is 15.9 Å². The summed E-state index contributed by atoms with van der Waals surface area (Å²) in [6, 6.07) is 0. The minimum atomic E-state index is 1.06. The highest BCUT2D eigenvalue weighted by atomic mass is 79.9. The van der Waals surface area contributed by atoms with E-state index in [0.717, 1.165) is 10.1 Å². The zero-order valence-corrected chi connectivity index (χ0v) is 7.40. The van der Waals surface area contributed by atoms with E-state index in [4.69, 9.17) is 0 Å². The van der Waals surface area contributed by atoms with Crippen LogP contribution in [-0.2, 0) is 0 Å². The van der Waals surface area contributed by atoms with Crippen LogP contribution in [0.15, 0.2) is 34.9 Å². The van der Waals surface area contributed by atoms with Gasteiger partial charge in [0.15, 0.2) is 0 Å². The molecule has 0 saturated heterocycles. The molecule has 1 heteroatoms. The molecule has 0 amide bonds. The third-order valence-electron chi connectivity index (χ3n) is 0.803. The van der Waals surface area contributed by atoms with Gasteiger partial charge >= 0.3 is 0 Å². The fourth-order valence-corrected chi connectivity index (χ4v) is 0.450. The van der Waals surface area contributed by atoms with E-state index < -0.39 is 0 Å². The fourth-order valence-electron chi connectivity index (χ4n) is 0.318. The van der Waals surface area contributed by atoms with Crippen LogP contribution in [0.5, 0.6) is 0 Å². The second-order valence-corrected chi connectivity index (χ2v) is 2.77. The molecule has 0 aliphatic rings. The zero-order chi connectivity index (χ0) is 7.28. The van der Waals surface area contributed by atoms with Gasteiger partial charge < -0.3 is 0 Å². The molecule has 0 radical (unpaired) electrons. The number of allylic oxidation sites excluding steroid dienone is 5. The Morgan fingerprint density at radius 3 is 2.33 bits per heavy atom. The molecule has 0 spiro atoms. The maximum atomic E-state index is 3.73. The predicted molar refractivity (Wildman–Crippen MR) is 46.6 cm³/mol. The van der Waals surface area contributed by atoms with Crippen molar-refractivity contribution in [2.24, 2.45) is 0 Å². The second kappa shape index (κ2) is 4.57. The summed E-state index contributed by atoms with van der Waals surface area (Å²) in [5.41, 5.74) is 1.06. The summed E-state index contributed by atoms with van der Waals surface area (Å²) >= 11 is 3.34. The molecule has 0 aliphatic heterocycles. The molecule has 0 saturated carbocycles. The van der Waals surface area contributed by atoms with Gasteiger partial charge in [-0.1, -0.05) is 40.2 Å². The molecule has 0 unspecified atom stereocenters. The van der Waals surface area contributed by atoms with Crippen molar-refractivity contribution in [1.82, 2.24) is 0 Å². The highest BCUT2D eigenvalue weighted by Gasteiger charge is 1.77. The lowest BCUT2D eigenvalue weighted by molar-refractivity contribution is 1.55. The summed E-state index contributed by atoms with van der Waals surface area (Å²) in [5, 5.41) is 0. The molecule has 0 atom stereocenters. The second-order valence-electron chi connectivity index (χ2n) is 1.85. The van der Waals surface area contributed by atoms with Crippen LogP contribution in [0.1, 0.15) is 13.8 Å². The molecule has 50 valence electrons. The van der Waals surface area contributed by atoms with E-state index in [1.807, 2.05) is 32.1 Å². The van der Waals surface area contributed by atoms with Crippen LogP contribution in [0.4, 0.5) is 0 Å². The average Bonchev–Trinajstić information content (AvgIpc) is 1.83. The number of rotatable bonds is 2. The first-order valence-electron chi connectivity index (χ1n) is 2.82. The first kappa shape index (κ1) is 8.70. The SMILES string of the molecule is C=C(C)/C=C\C(Br)=C/C. The van der Waals surface area contributed by atoms with Crippen molar-refractivity contribution in [3.8, 4) is 0 Å². The summed E-state index contributed by atoms with van der Waals surface area (Å²) in [6.07, 6.45) is 5.92. The maximum absolute atomic E-state index is 3.73. The molecule has 0 nitrogen and oxygen atoms in total. The average molecular weight is 187 g/mol. The molecule has 0 bridgehead atoms. The molecule has 0 aliphatic carbocycles. The van der Waals surface area contributed by atoms with Crippen LogP contribution in [0.3, 0.4) is 0 Å². The fraction of sp³-hybridized carbons (Fsp3) is 0.250. The molecule has 0 fully saturated rings. The molecule has 9 heavy (non-hydrogen) atoms. The highest BCUT2D eigenvalue weighted by Crippen LogP contribution is 2.06. The third-order valence-corrected chi connectivity index (χ3v) is 1.53. The predicted octanol–water partition coefficient (Wildman–Crippen LogP) is 3.42. The Kier molecular flexibility index (Phi) is 4.41. The van der Waals surface area contributed by atoms with Crippen molar-refractivity contribution in [3.63, 3.8) is 0 Å². The van der Waals surface area contributed by atoms with Gasteiger partial charge in [-0.25, -0.2) is 0 Å². The molecule has 0 aromatic heterocycles. The van der Waals surface area contributed by atoms with Crippen LogP contribution in [0.25, 0.3) is 0 Å². The van der Waals surface area contributed by atoms with Crippen molar-refractivity contribution in [2.45, 2.75) is 13.8 Å². The van der Waals surface area contributed by atoms with Gasteiger partial charge in [0.05, 0.1) is 0 Å². The molecule has 0 rings (SSSR count). The highest BCUT2D eigenvalue weighted by molar-refractivity contribution is 9.11. The Morgan fingerprint density at radius 1 is 1.44 bits per heavy atom. The lowest BCUT2D eigenvalue weighted by atomic mass is 10.3. The van der Waals surface area contributed by atoms with Crippen LogP contribution in [0, 0.1) is 0 Å². The van der Waals surface area contributed by atoms with Gasteiger partial charge in [-0.3, -0.25) is 0 Å². The molecule has 0 N–H and O–H groups in total. The number of hydrogen-bond donors (Lipinski definition) is 0. The first-order chi connectivity index (χ1) is 4.16. The van der Waals surface area contributed by atoms with Crippen LogP contribution in [0.2, 0.25) is 0 Å². The van der Waals surface area contributed by atoms with Crippen molar-refractivity contribution >= 4 is 15.9 Å². The summed E-state index contributed by atoms with van der Waals surface area (Å²) in [7, 11) is 0. The summed E-state index contributed by atoms with van der Waals surface area (Å²) in [5.74, 6) is 0. The number of halogens is 1. The molecule has 0 aromatic carbocycles. The lowest BCUT2D eigenvalue weighted by Crippen LogP contribution is -1.62. The Labute approximate surface area is 65.1 Å². The largest absolute Gasteiger partial charge is 0.0961 e.